The van der Waals surface area contributed by atoms with Crippen LogP contribution in [0.15, 0.2) is 36.8 Å². The molecule has 3 N–H and O–H groups in total. The number of allylic oxidation sites excluding steroid dienone is 4. The average molecular weight is 446 g/mol. The number of hydrogen-bond acceptors (Lipinski definition) is 3. The van der Waals surface area contributed by atoms with Crippen LogP contribution in [0.2, 0.25) is 0 Å². The number of unbranched alkanes of at least 4 members (excludes halogenated alkanes) is 10. The maximum absolute atomic E-state index is 12.0. The van der Waals surface area contributed by atoms with Crippen LogP contribution in [0.4, 0.5) is 0 Å². The van der Waals surface area contributed by atoms with Gasteiger partial charge in [0.2, 0.25) is 5.91 Å². The smallest absolute Gasteiger partial charge is 0.326 e. The molecule has 0 radical (unpaired) electrons. The largest absolute Gasteiger partial charge is 0.480 e. The van der Waals surface area contributed by atoms with Gasteiger partial charge in [-0.15, -0.1) is 0 Å². The number of aromatic amines is 1. The van der Waals surface area contributed by atoms with Crippen LogP contribution in [0.3, 0.4) is 0 Å². The maximum atomic E-state index is 12.0. The molecule has 0 unspecified atom stereocenters. The van der Waals surface area contributed by atoms with E-state index in [2.05, 4.69) is 46.5 Å². The Labute approximate surface area is 194 Å². The molecule has 0 aliphatic heterocycles. The topological polar surface area (TPSA) is 95.1 Å². The lowest BCUT2D eigenvalue weighted by Gasteiger charge is -2.13. The number of imidazole rings is 1. The van der Waals surface area contributed by atoms with Crippen LogP contribution in [0.5, 0.6) is 0 Å². The molecule has 0 saturated carbocycles. The van der Waals surface area contributed by atoms with Crippen molar-refractivity contribution in [1.82, 2.24) is 15.3 Å². The van der Waals surface area contributed by atoms with Crippen molar-refractivity contribution < 1.29 is 14.7 Å². The minimum atomic E-state index is -1.03. The van der Waals surface area contributed by atoms with E-state index in [1.807, 2.05) is 0 Å². The molecular formula is C26H43N3O3. The van der Waals surface area contributed by atoms with Crippen LogP contribution < -0.4 is 5.32 Å². The van der Waals surface area contributed by atoms with Gasteiger partial charge in [0.05, 0.1) is 6.33 Å². The van der Waals surface area contributed by atoms with E-state index in [0.717, 1.165) is 32.1 Å². The van der Waals surface area contributed by atoms with Crippen LogP contribution in [0.25, 0.3) is 0 Å². The van der Waals surface area contributed by atoms with E-state index in [0.29, 0.717) is 12.1 Å². The minimum absolute atomic E-state index is 0.195. The van der Waals surface area contributed by atoms with E-state index in [1.54, 1.807) is 6.20 Å². The van der Waals surface area contributed by atoms with Crippen molar-refractivity contribution in [3.63, 3.8) is 0 Å². The normalized spacial score (nSPS) is 12.5. The highest BCUT2D eigenvalue weighted by Gasteiger charge is 2.20. The number of carbonyl (C=O) groups excluding carboxylic acids is 1. The molecule has 1 aromatic heterocycles. The van der Waals surface area contributed by atoms with Gasteiger partial charge in [-0.1, -0.05) is 76.2 Å². The number of carbonyl (C=O) groups is 2. The summed E-state index contributed by atoms with van der Waals surface area (Å²) in [6.07, 6.45) is 28.0. The Morgan fingerprint density at radius 1 is 0.969 bits per heavy atom. The summed E-state index contributed by atoms with van der Waals surface area (Å²) < 4.78 is 0. The fourth-order valence-corrected chi connectivity index (χ4v) is 3.53. The zero-order chi connectivity index (χ0) is 23.3. The van der Waals surface area contributed by atoms with Crippen molar-refractivity contribution >= 4 is 11.9 Å². The third-order valence-electron chi connectivity index (χ3n) is 5.47. The Morgan fingerprint density at radius 2 is 1.59 bits per heavy atom. The first kappa shape index (κ1) is 27.7. The number of rotatable bonds is 20. The van der Waals surface area contributed by atoms with Crippen LogP contribution in [-0.4, -0.2) is 33.0 Å². The fourth-order valence-electron chi connectivity index (χ4n) is 3.53. The van der Waals surface area contributed by atoms with E-state index in [4.69, 9.17) is 0 Å². The summed E-state index contributed by atoms with van der Waals surface area (Å²) in [5, 5.41) is 11.9. The molecule has 1 heterocycles. The number of carboxylic acid groups (broad SMARTS) is 1. The maximum Gasteiger partial charge on any atom is 0.326 e. The summed E-state index contributed by atoms with van der Waals surface area (Å²) in [7, 11) is 0. The number of carboxylic acids is 1. The molecule has 1 rings (SSSR count). The molecule has 0 saturated heterocycles. The fraction of sp³-hybridized carbons (Fsp3) is 0.654. The van der Waals surface area contributed by atoms with Crippen molar-refractivity contribution in [2.24, 2.45) is 0 Å². The van der Waals surface area contributed by atoms with Gasteiger partial charge in [-0.3, -0.25) is 4.79 Å². The highest BCUT2D eigenvalue weighted by molar-refractivity contribution is 5.83. The van der Waals surface area contributed by atoms with Crippen molar-refractivity contribution in [2.45, 2.75) is 109 Å². The van der Waals surface area contributed by atoms with Crippen LogP contribution >= 0.6 is 0 Å². The molecule has 0 aliphatic rings. The highest BCUT2D eigenvalue weighted by Crippen LogP contribution is 2.10. The number of aromatic nitrogens is 2. The number of H-pyrrole nitrogens is 1. The third kappa shape index (κ3) is 15.4. The Kier molecular flexibility index (Phi) is 16.7. The predicted octanol–water partition coefficient (Wildman–Crippen LogP) is 6.12. The molecule has 6 nitrogen and oxygen atoms in total. The first-order chi connectivity index (χ1) is 15.6. The summed E-state index contributed by atoms with van der Waals surface area (Å²) in [4.78, 5) is 30.1. The number of hydrogen-bond donors (Lipinski definition) is 3. The molecule has 0 aromatic carbocycles. The molecular weight excluding hydrogens is 402 g/mol. The second kappa shape index (κ2) is 19.3. The van der Waals surface area contributed by atoms with Gasteiger partial charge in [0, 0.05) is 24.7 Å². The van der Waals surface area contributed by atoms with Gasteiger partial charge in [0.15, 0.2) is 0 Å². The van der Waals surface area contributed by atoms with E-state index < -0.39 is 12.0 Å². The molecule has 1 aromatic rings. The van der Waals surface area contributed by atoms with Gasteiger partial charge < -0.3 is 15.4 Å². The van der Waals surface area contributed by atoms with Gasteiger partial charge in [-0.05, 0) is 38.5 Å². The van der Waals surface area contributed by atoms with Gasteiger partial charge in [-0.25, -0.2) is 9.78 Å². The third-order valence-corrected chi connectivity index (χ3v) is 5.47. The number of nitrogens with one attached hydrogen (secondary N) is 2. The zero-order valence-corrected chi connectivity index (χ0v) is 19.9. The Hall–Kier alpha value is -2.37. The Balaban J connectivity index is 1.94. The van der Waals surface area contributed by atoms with Crippen LogP contribution in [0, 0.1) is 0 Å². The van der Waals surface area contributed by atoms with E-state index in [-0.39, 0.29) is 12.3 Å². The molecule has 0 fully saturated rings. The van der Waals surface area contributed by atoms with Crippen molar-refractivity contribution in [2.75, 3.05) is 0 Å². The van der Waals surface area contributed by atoms with Gasteiger partial charge in [0.1, 0.15) is 6.04 Å². The molecule has 0 spiro atoms. The number of nitrogens with zero attached hydrogens (tertiary/aromatic N) is 1. The van der Waals surface area contributed by atoms with Crippen molar-refractivity contribution in [3.8, 4) is 0 Å². The molecule has 0 aliphatic carbocycles. The van der Waals surface area contributed by atoms with Crippen LogP contribution in [-0.2, 0) is 16.0 Å². The molecule has 180 valence electrons. The average Bonchev–Trinajstić information content (AvgIpc) is 3.28. The second-order valence-corrected chi connectivity index (χ2v) is 8.43. The monoisotopic (exact) mass is 445 g/mol. The number of aliphatic carboxylic acids is 1. The number of amides is 1. The molecule has 32 heavy (non-hydrogen) atoms. The lowest BCUT2D eigenvalue weighted by atomic mass is 10.1. The molecule has 6 heteroatoms. The van der Waals surface area contributed by atoms with Gasteiger partial charge in [0.25, 0.3) is 0 Å². The summed E-state index contributed by atoms with van der Waals surface area (Å²) in [5.74, 6) is -1.22. The summed E-state index contributed by atoms with van der Waals surface area (Å²) in [6.45, 7) is 2.24. The first-order valence-electron chi connectivity index (χ1n) is 12.4. The van der Waals surface area contributed by atoms with Crippen LogP contribution in [0.1, 0.15) is 103 Å². The van der Waals surface area contributed by atoms with Crippen molar-refractivity contribution in [1.29, 1.82) is 0 Å². The first-order valence-corrected chi connectivity index (χ1v) is 12.4. The highest BCUT2D eigenvalue weighted by atomic mass is 16.4. The lowest BCUT2D eigenvalue weighted by Crippen LogP contribution is -2.42. The molecule has 1 amide bonds. The minimum Gasteiger partial charge on any atom is -0.480 e. The summed E-state index contributed by atoms with van der Waals surface area (Å²) in [5.41, 5.74) is 0.697. The summed E-state index contributed by atoms with van der Waals surface area (Å²) in [6, 6.07) is -0.918. The summed E-state index contributed by atoms with van der Waals surface area (Å²) >= 11 is 0. The zero-order valence-electron chi connectivity index (χ0n) is 19.9. The van der Waals surface area contributed by atoms with Gasteiger partial charge >= 0.3 is 5.97 Å². The lowest BCUT2D eigenvalue weighted by molar-refractivity contribution is -0.141. The van der Waals surface area contributed by atoms with Gasteiger partial charge in [-0.2, -0.15) is 0 Å². The molecule has 1 atom stereocenters. The molecule has 0 bridgehead atoms. The van der Waals surface area contributed by atoms with E-state index in [1.165, 1.54) is 57.7 Å². The SMILES string of the molecule is CCCCC/C=C\C/C=C\CCCCCCCCCC(=O)N[C@@H](Cc1cnc[nH]1)C(=O)O. The predicted molar refractivity (Wildman–Crippen MR) is 130 cm³/mol. The second-order valence-electron chi connectivity index (χ2n) is 8.43. The van der Waals surface area contributed by atoms with E-state index in [9.17, 15) is 14.7 Å². The Bertz CT molecular complexity index is 653. The van der Waals surface area contributed by atoms with E-state index >= 15 is 0 Å². The standard InChI is InChI=1S/C26H43N3O3/c1-2-3-4-5-6-7-8-9-10-11-12-13-14-15-16-17-18-19-25(30)29-24(26(31)32)20-23-21-27-22-28-23/h6-7,9-10,21-22,24H,2-5,8,11-20H2,1H3,(H,27,28)(H,29,30)(H,31,32)/b7-6-,10-9-/t24-/m0/s1. The van der Waals surface area contributed by atoms with Crippen molar-refractivity contribution in [3.05, 3.63) is 42.5 Å². The Morgan fingerprint density at radius 3 is 2.19 bits per heavy atom. The quantitative estimate of drug-likeness (QED) is 0.166.